The Hall–Kier alpha value is -2.75. The molecule has 0 saturated carbocycles. The summed E-state index contributed by atoms with van der Waals surface area (Å²) < 4.78 is 91.4. The van der Waals surface area contributed by atoms with Crippen molar-refractivity contribution in [3.63, 3.8) is 0 Å². The molecule has 0 atom stereocenters. The molecule has 0 radical (unpaired) electrons. The third kappa shape index (κ3) is 3.64. The monoisotopic (exact) mass is 416 g/mol. The van der Waals surface area contributed by atoms with Crippen LogP contribution in [0.4, 0.5) is 22.0 Å². The summed E-state index contributed by atoms with van der Waals surface area (Å²) in [4.78, 5) is 4.96. The van der Waals surface area contributed by atoms with Crippen molar-refractivity contribution in [2.75, 3.05) is 6.26 Å². The first kappa shape index (κ1) is 20.0. The molecule has 1 N–H and O–H groups in total. The van der Waals surface area contributed by atoms with E-state index in [9.17, 15) is 30.4 Å². The van der Waals surface area contributed by atoms with E-state index in [4.69, 9.17) is 0 Å². The number of aromatic amines is 1. The molecule has 0 aliphatic carbocycles. The molecule has 1 heterocycles. The van der Waals surface area contributed by atoms with Crippen LogP contribution in [0.3, 0.4) is 0 Å². The molecule has 3 rings (SSSR count). The molecule has 10 heteroatoms. The Kier molecular flexibility index (Phi) is 5.00. The Morgan fingerprint density at radius 1 is 0.964 bits per heavy atom. The summed E-state index contributed by atoms with van der Waals surface area (Å²) in [6.45, 7) is 1.46. The van der Waals surface area contributed by atoms with Gasteiger partial charge in [-0.05, 0) is 42.8 Å². The van der Waals surface area contributed by atoms with Gasteiger partial charge in [0.15, 0.2) is 15.7 Å². The van der Waals surface area contributed by atoms with Crippen LogP contribution in [-0.4, -0.2) is 24.6 Å². The Bertz CT molecular complexity index is 1150. The molecule has 2 aromatic carbocycles. The number of benzene rings is 2. The Morgan fingerprint density at radius 3 is 2.07 bits per heavy atom. The number of alkyl halides is 2. The molecule has 0 aliphatic heterocycles. The van der Waals surface area contributed by atoms with Gasteiger partial charge in [0.1, 0.15) is 22.3 Å². The van der Waals surface area contributed by atoms with Crippen LogP contribution in [0.25, 0.3) is 22.5 Å². The normalized spacial score (nSPS) is 12.0. The van der Waals surface area contributed by atoms with E-state index in [-0.39, 0.29) is 28.1 Å². The Labute approximate surface area is 157 Å². The third-order valence-electron chi connectivity index (χ3n) is 4.02. The van der Waals surface area contributed by atoms with Gasteiger partial charge in [0.05, 0.1) is 11.4 Å². The Balaban J connectivity index is 2.26. The van der Waals surface area contributed by atoms with Crippen molar-refractivity contribution in [1.82, 2.24) is 9.97 Å². The van der Waals surface area contributed by atoms with Crippen molar-refractivity contribution in [1.29, 1.82) is 0 Å². The summed E-state index contributed by atoms with van der Waals surface area (Å²) >= 11 is 0. The second-order valence-corrected chi connectivity index (χ2v) is 8.10. The maximum atomic E-state index is 14.3. The fourth-order valence-corrected chi connectivity index (χ4v) is 3.59. The van der Waals surface area contributed by atoms with Crippen molar-refractivity contribution in [2.45, 2.75) is 18.2 Å². The van der Waals surface area contributed by atoms with E-state index in [0.717, 1.165) is 6.07 Å². The van der Waals surface area contributed by atoms with Crippen molar-refractivity contribution in [3.8, 4) is 22.5 Å². The van der Waals surface area contributed by atoms with E-state index in [1.807, 2.05) is 0 Å². The predicted octanol–water partition coefficient (Wildman–Crippen LogP) is 4.81. The standard InChI is InChI=1S/C18H13F5N2O2S/c1-8-5-9(3-4-11(8)19)14-15(25-18(24-14)17(22)23)10-6-12(20)16(13(21)7-10)28(2,26)27/h3-7,17H,1-2H3,(H,24,25). The van der Waals surface area contributed by atoms with Crippen LogP contribution in [0.1, 0.15) is 17.8 Å². The quantitative estimate of drug-likeness (QED) is 0.621. The van der Waals surface area contributed by atoms with E-state index < -0.39 is 44.4 Å². The molecule has 0 spiro atoms. The molecule has 0 bridgehead atoms. The smallest absolute Gasteiger partial charge is 0.295 e. The van der Waals surface area contributed by atoms with Gasteiger partial charge in [-0.2, -0.15) is 0 Å². The lowest BCUT2D eigenvalue weighted by atomic mass is 10.0. The van der Waals surface area contributed by atoms with Gasteiger partial charge in [-0.3, -0.25) is 0 Å². The van der Waals surface area contributed by atoms with Gasteiger partial charge in [-0.15, -0.1) is 0 Å². The third-order valence-corrected chi connectivity index (χ3v) is 5.15. The van der Waals surface area contributed by atoms with Crippen LogP contribution >= 0.6 is 0 Å². The molecule has 0 unspecified atom stereocenters. The van der Waals surface area contributed by atoms with Gasteiger partial charge in [-0.25, -0.2) is 35.4 Å². The number of imidazole rings is 1. The van der Waals surface area contributed by atoms with Gasteiger partial charge >= 0.3 is 0 Å². The first-order valence-corrected chi connectivity index (χ1v) is 9.72. The molecule has 0 fully saturated rings. The molecule has 0 aliphatic rings. The summed E-state index contributed by atoms with van der Waals surface area (Å²) in [5.74, 6) is -4.02. The minimum absolute atomic E-state index is 0.00990. The summed E-state index contributed by atoms with van der Waals surface area (Å²) in [6.07, 6.45) is -2.36. The number of aryl methyl sites for hydroxylation is 1. The molecular weight excluding hydrogens is 403 g/mol. The minimum Gasteiger partial charge on any atom is -0.337 e. The number of hydrogen-bond acceptors (Lipinski definition) is 3. The van der Waals surface area contributed by atoms with E-state index in [1.165, 1.54) is 19.1 Å². The lowest BCUT2D eigenvalue weighted by Crippen LogP contribution is -2.05. The summed E-state index contributed by atoms with van der Waals surface area (Å²) in [6, 6.07) is 5.17. The summed E-state index contributed by atoms with van der Waals surface area (Å²) in [5, 5.41) is 0. The van der Waals surface area contributed by atoms with Crippen molar-refractivity contribution in [3.05, 3.63) is 59.2 Å². The first-order chi connectivity index (χ1) is 13.0. The zero-order valence-electron chi connectivity index (χ0n) is 14.5. The molecule has 4 nitrogen and oxygen atoms in total. The highest BCUT2D eigenvalue weighted by Crippen LogP contribution is 2.35. The number of halogens is 5. The molecule has 3 aromatic rings. The highest BCUT2D eigenvalue weighted by molar-refractivity contribution is 7.90. The van der Waals surface area contributed by atoms with Crippen LogP contribution < -0.4 is 0 Å². The van der Waals surface area contributed by atoms with E-state index >= 15 is 0 Å². The van der Waals surface area contributed by atoms with Crippen LogP contribution in [0.5, 0.6) is 0 Å². The van der Waals surface area contributed by atoms with E-state index in [0.29, 0.717) is 18.4 Å². The number of hydrogen-bond donors (Lipinski definition) is 1. The lowest BCUT2D eigenvalue weighted by Gasteiger charge is -2.08. The fourth-order valence-electron chi connectivity index (χ4n) is 2.76. The van der Waals surface area contributed by atoms with Crippen LogP contribution in [0, 0.1) is 24.4 Å². The van der Waals surface area contributed by atoms with Gasteiger partial charge in [0, 0.05) is 17.4 Å². The highest BCUT2D eigenvalue weighted by Gasteiger charge is 2.25. The zero-order valence-corrected chi connectivity index (χ0v) is 15.3. The van der Waals surface area contributed by atoms with E-state index in [1.54, 1.807) is 0 Å². The molecule has 148 valence electrons. The number of H-pyrrole nitrogens is 1. The van der Waals surface area contributed by atoms with Gasteiger partial charge in [0.2, 0.25) is 0 Å². The van der Waals surface area contributed by atoms with Crippen molar-refractivity contribution >= 4 is 9.84 Å². The largest absolute Gasteiger partial charge is 0.337 e. The average Bonchev–Trinajstić information content (AvgIpc) is 3.01. The maximum Gasteiger partial charge on any atom is 0.295 e. The molecule has 1 aromatic heterocycles. The van der Waals surface area contributed by atoms with Crippen LogP contribution in [0.2, 0.25) is 0 Å². The maximum absolute atomic E-state index is 14.3. The minimum atomic E-state index is -4.18. The van der Waals surface area contributed by atoms with Gasteiger partial charge < -0.3 is 4.98 Å². The van der Waals surface area contributed by atoms with Gasteiger partial charge in [-0.1, -0.05) is 0 Å². The molecular formula is C18H13F5N2O2S. The zero-order chi connectivity index (χ0) is 20.8. The lowest BCUT2D eigenvalue weighted by molar-refractivity contribution is 0.141. The fraction of sp³-hybridized carbons (Fsp3) is 0.167. The van der Waals surface area contributed by atoms with Crippen LogP contribution in [0.15, 0.2) is 35.2 Å². The predicted molar refractivity (Wildman–Crippen MR) is 92.1 cm³/mol. The van der Waals surface area contributed by atoms with Crippen molar-refractivity contribution < 1.29 is 30.4 Å². The topological polar surface area (TPSA) is 62.8 Å². The molecule has 28 heavy (non-hydrogen) atoms. The van der Waals surface area contributed by atoms with Crippen molar-refractivity contribution in [2.24, 2.45) is 0 Å². The summed E-state index contributed by atoms with van der Waals surface area (Å²) in [5.41, 5.74) is 0.00808. The van der Waals surface area contributed by atoms with Gasteiger partial charge in [0.25, 0.3) is 6.43 Å². The molecule has 0 saturated heterocycles. The number of nitrogens with zero attached hydrogens (tertiary/aromatic N) is 1. The first-order valence-electron chi connectivity index (χ1n) is 7.83. The average molecular weight is 416 g/mol. The number of aromatic nitrogens is 2. The number of nitrogens with one attached hydrogen (secondary N) is 1. The second-order valence-electron chi connectivity index (χ2n) is 6.15. The Morgan fingerprint density at radius 2 is 1.57 bits per heavy atom. The highest BCUT2D eigenvalue weighted by atomic mass is 32.2. The molecule has 0 amide bonds. The summed E-state index contributed by atoms with van der Waals surface area (Å²) in [7, 11) is -4.18. The number of sulfone groups is 1. The second kappa shape index (κ2) is 7.01. The van der Waals surface area contributed by atoms with E-state index in [2.05, 4.69) is 9.97 Å². The van der Waals surface area contributed by atoms with Crippen LogP contribution in [-0.2, 0) is 9.84 Å². The SMILES string of the molecule is Cc1cc(-c2[nH]c(C(F)F)nc2-c2cc(F)c(S(C)(=O)=O)c(F)c2)ccc1F. The number of rotatable bonds is 4.